The molecule has 3 saturated carbocycles. The molecule has 0 spiro atoms. The Morgan fingerprint density at radius 1 is 0.710 bits per heavy atom. The highest BCUT2D eigenvalue weighted by atomic mass is 16.6. The van der Waals surface area contributed by atoms with Gasteiger partial charge in [0.1, 0.15) is 12.2 Å². The van der Waals surface area contributed by atoms with Gasteiger partial charge < -0.3 is 9.47 Å². The molecule has 3 fully saturated rings. The van der Waals surface area contributed by atoms with E-state index in [1.54, 1.807) is 12.1 Å². The van der Waals surface area contributed by atoms with Crippen LogP contribution in [0.2, 0.25) is 0 Å². The Morgan fingerprint density at radius 3 is 1.58 bits per heavy atom. The molecule has 31 heavy (non-hydrogen) atoms. The molecule has 0 aliphatic heterocycles. The van der Waals surface area contributed by atoms with Gasteiger partial charge in [0.05, 0.1) is 11.1 Å². The lowest BCUT2D eigenvalue weighted by atomic mass is 9.69. The largest absolute Gasteiger partial charge is 0.455 e. The summed E-state index contributed by atoms with van der Waals surface area (Å²) in [6.45, 7) is 3.93. The van der Waals surface area contributed by atoms with Gasteiger partial charge in [-0.05, 0) is 69.2 Å². The van der Waals surface area contributed by atoms with Crippen LogP contribution in [0.25, 0.3) is 0 Å². The van der Waals surface area contributed by atoms with Crippen LogP contribution < -0.4 is 0 Å². The number of esters is 2. The van der Waals surface area contributed by atoms with Crippen LogP contribution in [-0.4, -0.2) is 24.1 Å². The average molecular weight is 419 g/mol. The molecule has 5 rings (SSSR count). The SMILES string of the molecule is Cc1cccc(C(=O)OC2C3CC(C4CCCCC43)C2OC(=O)c2cccc(C)c2)c1. The Hall–Kier alpha value is -2.62. The topological polar surface area (TPSA) is 52.6 Å². The number of hydrogen-bond donors (Lipinski definition) is 0. The summed E-state index contributed by atoms with van der Waals surface area (Å²) in [5.41, 5.74) is 3.17. The van der Waals surface area contributed by atoms with Crippen LogP contribution in [0, 0.1) is 37.5 Å². The number of carbonyl (C=O) groups is 2. The van der Waals surface area contributed by atoms with Crippen molar-refractivity contribution < 1.29 is 19.1 Å². The molecule has 162 valence electrons. The maximum absolute atomic E-state index is 13.0. The zero-order chi connectivity index (χ0) is 21.5. The first-order valence-electron chi connectivity index (χ1n) is 11.6. The van der Waals surface area contributed by atoms with Crippen molar-refractivity contribution in [3.63, 3.8) is 0 Å². The van der Waals surface area contributed by atoms with Crippen LogP contribution in [0.5, 0.6) is 0 Å². The van der Waals surface area contributed by atoms with Gasteiger partial charge in [0.15, 0.2) is 0 Å². The van der Waals surface area contributed by atoms with Gasteiger partial charge in [-0.1, -0.05) is 48.2 Å². The molecule has 6 unspecified atom stereocenters. The fourth-order valence-electron chi connectivity index (χ4n) is 6.39. The van der Waals surface area contributed by atoms with Crippen LogP contribution in [0.1, 0.15) is 63.9 Å². The van der Waals surface area contributed by atoms with E-state index < -0.39 is 0 Å². The maximum atomic E-state index is 13.0. The first kappa shape index (κ1) is 20.3. The molecule has 2 bridgehead atoms. The number of fused-ring (bicyclic) bond motifs is 5. The van der Waals surface area contributed by atoms with E-state index in [0.29, 0.717) is 34.8 Å². The van der Waals surface area contributed by atoms with Gasteiger partial charge in [0.25, 0.3) is 0 Å². The number of rotatable bonds is 4. The summed E-state index contributed by atoms with van der Waals surface area (Å²) in [5, 5.41) is 0. The molecule has 4 nitrogen and oxygen atoms in total. The van der Waals surface area contributed by atoms with Crippen molar-refractivity contribution in [3.05, 3.63) is 70.8 Å². The number of hydrogen-bond acceptors (Lipinski definition) is 4. The molecule has 0 aromatic heterocycles. The van der Waals surface area contributed by atoms with E-state index in [-0.39, 0.29) is 24.1 Å². The van der Waals surface area contributed by atoms with E-state index in [4.69, 9.17) is 9.47 Å². The third-order valence-corrected chi connectivity index (χ3v) is 7.68. The second-order valence-electron chi connectivity index (χ2n) is 9.65. The lowest BCUT2D eigenvalue weighted by Gasteiger charge is -2.42. The minimum Gasteiger partial charge on any atom is -0.455 e. The molecule has 2 aromatic carbocycles. The molecule has 4 heteroatoms. The van der Waals surface area contributed by atoms with E-state index in [0.717, 1.165) is 17.5 Å². The summed E-state index contributed by atoms with van der Waals surface area (Å²) in [6.07, 6.45) is 5.17. The maximum Gasteiger partial charge on any atom is 0.338 e. The van der Waals surface area contributed by atoms with Crippen LogP contribution in [0.3, 0.4) is 0 Å². The number of carbonyl (C=O) groups excluding carboxylic acids is 2. The van der Waals surface area contributed by atoms with Crippen LogP contribution >= 0.6 is 0 Å². The van der Waals surface area contributed by atoms with Crippen molar-refractivity contribution in [1.82, 2.24) is 0 Å². The normalized spacial score (nSPS) is 31.2. The molecule has 2 aromatic rings. The van der Waals surface area contributed by atoms with Gasteiger partial charge in [-0.25, -0.2) is 9.59 Å². The molecule has 0 radical (unpaired) electrons. The minimum atomic E-state index is -0.355. The van der Waals surface area contributed by atoms with Crippen LogP contribution in [0.15, 0.2) is 48.5 Å². The zero-order valence-corrected chi connectivity index (χ0v) is 18.3. The summed E-state index contributed by atoms with van der Waals surface area (Å²) in [7, 11) is 0. The molecule has 0 amide bonds. The Balaban J connectivity index is 1.40. The van der Waals surface area contributed by atoms with E-state index in [1.807, 2.05) is 50.2 Å². The van der Waals surface area contributed by atoms with Gasteiger partial charge in [0.2, 0.25) is 0 Å². The monoisotopic (exact) mass is 418 g/mol. The third-order valence-electron chi connectivity index (χ3n) is 7.68. The summed E-state index contributed by atoms with van der Waals surface area (Å²) in [4.78, 5) is 25.9. The lowest BCUT2D eigenvalue weighted by Crippen LogP contribution is -2.47. The van der Waals surface area contributed by atoms with Gasteiger partial charge >= 0.3 is 11.9 Å². The average Bonchev–Trinajstić information content (AvgIpc) is 3.31. The number of benzene rings is 2. The second-order valence-corrected chi connectivity index (χ2v) is 9.65. The standard InChI is InChI=1S/C27H30O4/c1-16-7-5-9-18(13-16)26(28)30-24-22-15-23(21-12-4-3-11-20(21)22)25(24)31-27(29)19-10-6-8-17(2)14-19/h5-10,13-14,20-25H,3-4,11-12,15H2,1-2H3. The first-order chi connectivity index (χ1) is 15.0. The van der Waals surface area contributed by atoms with Crippen molar-refractivity contribution >= 4 is 11.9 Å². The first-order valence-corrected chi connectivity index (χ1v) is 11.6. The summed E-state index contributed by atoms with van der Waals surface area (Å²) >= 11 is 0. The van der Waals surface area contributed by atoms with Crippen molar-refractivity contribution in [2.75, 3.05) is 0 Å². The van der Waals surface area contributed by atoms with Gasteiger partial charge in [-0.15, -0.1) is 0 Å². The second kappa shape index (κ2) is 8.14. The zero-order valence-electron chi connectivity index (χ0n) is 18.3. The molecule has 0 heterocycles. The molecular weight excluding hydrogens is 388 g/mol. The molecule has 0 N–H and O–H groups in total. The van der Waals surface area contributed by atoms with Crippen LogP contribution in [-0.2, 0) is 9.47 Å². The highest BCUT2D eigenvalue weighted by Crippen LogP contribution is 2.59. The third kappa shape index (κ3) is 3.77. The van der Waals surface area contributed by atoms with E-state index in [1.165, 1.54) is 25.7 Å². The van der Waals surface area contributed by atoms with E-state index >= 15 is 0 Å². The Bertz CT molecular complexity index is 917. The molecule has 3 aliphatic rings. The van der Waals surface area contributed by atoms with Crippen molar-refractivity contribution in [3.8, 4) is 0 Å². The fraction of sp³-hybridized carbons (Fsp3) is 0.481. The van der Waals surface area contributed by atoms with E-state index in [9.17, 15) is 9.59 Å². The van der Waals surface area contributed by atoms with Crippen molar-refractivity contribution in [2.45, 2.75) is 58.2 Å². The molecular formula is C27H30O4. The summed E-state index contributed by atoms with van der Waals surface area (Å²) < 4.78 is 12.2. The van der Waals surface area contributed by atoms with Crippen LogP contribution in [0.4, 0.5) is 0 Å². The summed E-state index contributed by atoms with van der Waals surface area (Å²) in [5.74, 6) is 1.13. The molecule has 3 aliphatic carbocycles. The lowest BCUT2D eigenvalue weighted by molar-refractivity contribution is -0.0872. The Kier molecular flexibility index (Phi) is 5.33. The van der Waals surface area contributed by atoms with Gasteiger partial charge in [0, 0.05) is 11.8 Å². The number of aryl methyl sites for hydroxylation is 2. The van der Waals surface area contributed by atoms with Gasteiger partial charge in [-0.3, -0.25) is 0 Å². The van der Waals surface area contributed by atoms with E-state index in [2.05, 4.69) is 0 Å². The Labute approximate surface area is 183 Å². The number of ether oxygens (including phenoxy) is 2. The quantitative estimate of drug-likeness (QED) is 0.614. The molecule has 0 saturated heterocycles. The summed E-state index contributed by atoms with van der Waals surface area (Å²) in [6, 6.07) is 15.0. The predicted molar refractivity (Wildman–Crippen MR) is 118 cm³/mol. The van der Waals surface area contributed by atoms with Gasteiger partial charge in [-0.2, -0.15) is 0 Å². The Morgan fingerprint density at radius 2 is 1.16 bits per heavy atom. The minimum absolute atomic E-state index is 0.291. The van der Waals surface area contributed by atoms with Crippen molar-refractivity contribution in [1.29, 1.82) is 0 Å². The van der Waals surface area contributed by atoms with Crippen molar-refractivity contribution in [2.24, 2.45) is 23.7 Å². The highest BCUT2D eigenvalue weighted by Gasteiger charge is 2.61. The predicted octanol–water partition coefficient (Wildman–Crippen LogP) is 5.51. The molecule has 6 atom stereocenters. The highest BCUT2D eigenvalue weighted by molar-refractivity contribution is 5.90. The fourth-order valence-corrected chi connectivity index (χ4v) is 6.39. The smallest absolute Gasteiger partial charge is 0.338 e.